The van der Waals surface area contributed by atoms with Gasteiger partial charge in [-0.05, 0) is 61.1 Å². The highest BCUT2D eigenvalue weighted by atomic mass is 16.5. The Morgan fingerprint density at radius 2 is 1.50 bits per heavy atom. The molecule has 2 aliphatic rings. The quantitative estimate of drug-likeness (QED) is 0.268. The van der Waals surface area contributed by atoms with Crippen LogP contribution in [-0.2, 0) is 29.3 Å². The molecule has 1 saturated heterocycles. The van der Waals surface area contributed by atoms with Gasteiger partial charge in [-0.25, -0.2) is 0 Å². The summed E-state index contributed by atoms with van der Waals surface area (Å²) in [5, 5.41) is 5.80. The van der Waals surface area contributed by atoms with Crippen molar-refractivity contribution in [2.75, 3.05) is 46.1 Å². The molecule has 0 bridgehead atoms. The number of imide groups is 1. The first-order valence-corrected chi connectivity index (χ1v) is 14.8. The van der Waals surface area contributed by atoms with E-state index in [9.17, 15) is 19.2 Å². The maximum Gasteiger partial charge on any atom is 0.251 e. The molecular formula is C31H47N3O6. The van der Waals surface area contributed by atoms with Crippen molar-refractivity contribution < 1.29 is 28.7 Å². The summed E-state index contributed by atoms with van der Waals surface area (Å²) in [6, 6.07) is 7.66. The maximum atomic E-state index is 12.5. The molecule has 1 aromatic rings. The summed E-state index contributed by atoms with van der Waals surface area (Å²) in [6.07, 6.45) is 4.30. The van der Waals surface area contributed by atoms with E-state index in [1.165, 1.54) is 10.5 Å². The van der Waals surface area contributed by atoms with Gasteiger partial charge in [-0.1, -0.05) is 39.8 Å². The number of benzene rings is 1. The van der Waals surface area contributed by atoms with Crippen LogP contribution in [0, 0.1) is 17.8 Å². The monoisotopic (exact) mass is 557 g/mol. The molecule has 4 amide bonds. The van der Waals surface area contributed by atoms with Gasteiger partial charge in [0.25, 0.3) is 5.91 Å². The molecule has 0 aromatic heterocycles. The summed E-state index contributed by atoms with van der Waals surface area (Å²) in [4.78, 5) is 50.8. The Hall–Kier alpha value is -2.78. The topological polar surface area (TPSA) is 114 Å². The number of carbonyl (C=O) groups excluding carboxylic acids is 4. The Morgan fingerprint density at radius 3 is 2.05 bits per heavy atom. The molecule has 1 aromatic carbocycles. The zero-order chi connectivity index (χ0) is 29.1. The molecule has 1 aliphatic heterocycles. The maximum absolute atomic E-state index is 12.5. The van der Waals surface area contributed by atoms with Gasteiger partial charge in [0.15, 0.2) is 0 Å². The van der Waals surface area contributed by atoms with E-state index in [0.717, 1.165) is 25.7 Å². The predicted octanol–water partition coefficient (Wildman–Crippen LogP) is 3.45. The van der Waals surface area contributed by atoms with Crippen molar-refractivity contribution in [1.29, 1.82) is 0 Å². The van der Waals surface area contributed by atoms with Crippen LogP contribution in [0.2, 0.25) is 0 Å². The van der Waals surface area contributed by atoms with Crippen LogP contribution in [0.15, 0.2) is 24.3 Å². The molecule has 2 N–H and O–H groups in total. The molecule has 0 radical (unpaired) electrons. The Balaban J connectivity index is 1.17. The van der Waals surface area contributed by atoms with Crippen LogP contribution in [0.25, 0.3) is 0 Å². The molecular weight excluding hydrogens is 510 g/mol. The average Bonchev–Trinajstić information content (AvgIpc) is 3.21. The van der Waals surface area contributed by atoms with Crippen molar-refractivity contribution >= 4 is 23.6 Å². The number of nitrogens with zero attached hydrogens (tertiary/aromatic N) is 1. The standard InChI is InChI=1S/C31H47N3O6/c1-5-23-20-27(35)34(30(23)38)21-22-6-8-24(9-7-22)28(36)32-14-16-39-18-19-40-17-15-33-29(37)25-10-12-26(13-11-25)31(2,3)4/h10-13,22-24H,5-9,14-21H2,1-4H3,(H,32,36)(H,33,37). The van der Waals surface area contributed by atoms with E-state index in [0.29, 0.717) is 64.5 Å². The fourth-order valence-electron chi connectivity index (χ4n) is 5.30. The van der Waals surface area contributed by atoms with Gasteiger partial charge >= 0.3 is 0 Å². The van der Waals surface area contributed by atoms with Crippen LogP contribution in [0.4, 0.5) is 0 Å². The highest BCUT2D eigenvalue weighted by Crippen LogP contribution is 2.32. The zero-order valence-electron chi connectivity index (χ0n) is 24.6. The molecule has 1 saturated carbocycles. The van der Waals surface area contributed by atoms with Crippen molar-refractivity contribution in [1.82, 2.24) is 15.5 Å². The lowest BCUT2D eigenvalue weighted by atomic mass is 9.81. The first-order valence-electron chi connectivity index (χ1n) is 14.8. The smallest absolute Gasteiger partial charge is 0.251 e. The zero-order valence-corrected chi connectivity index (χ0v) is 24.6. The van der Waals surface area contributed by atoms with Crippen LogP contribution in [-0.4, -0.2) is 74.6 Å². The minimum absolute atomic E-state index is 0.0256. The molecule has 3 rings (SSSR count). The minimum atomic E-state index is -0.154. The number of nitrogens with one attached hydrogen (secondary N) is 2. The second-order valence-corrected chi connectivity index (χ2v) is 12.0. The Morgan fingerprint density at radius 1 is 0.900 bits per heavy atom. The second kappa shape index (κ2) is 15.3. The Labute approximate surface area is 238 Å². The number of ether oxygens (including phenoxy) is 2. The number of amides is 4. The van der Waals surface area contributed by atoms with Crippen molar-refractivity contribution in [3.05, 3.63) is 35.4 Å². The molecule has 1 heterocycles. The van der Waals surface area contributed by atoms with Gasteiger partial charge in [0.2, 0.25) is 17.7 Å². The first-order chi connectivity index (χ1) is 19.1. The lowest BCUT2D eigenvalue weighted by Crippen LogP contribution is -2.39. The molecule has 2 fully saturated rings. The predicted molar refractivity (Wildman–Crippen MR) is 153 cm³/mol. The van der Waals surface area contributed by atoms with Gasteiger partial charge in [-0.2, -0.15) is 0 Å². The summed E-state index contributed by atoms with van der Waals surface area (Å²) in [7, 11) is 0. The van der Waals surface area contributed by atoms with E-state index in [1.807, 2.05) is 31.2 Å². The highest BCUT2D eigenvalue weighted by Gasteiger charge is 2.39. The minimum Gasteiger partial charge on any atom is -0.377 e. The van der Waals surface area contributed by atoms with E-state index in [-0.39, 0.29) is 46.8 Å². The number of hydrogen-bond acceptors (Lipinski definition) is 6. The number of carbonyl (C=O) groups is 4. The summed E-state index contributed by atoms with van der Waals surface area (Å²) < 4.78 is 11.1. The van der Waals surface area contributed by atoms with Crippen LogP contribution in [0.1, 0.15) is 82.1 Å². The highest BCUT2D eigenvalue weighted by molar-refractivity contribution is 6.03. The van der Waals surface area contributed by atoms with E-state index in [4.69, 9.17) is 9.47 Å². The van der Waals surface area contributed by atoms with E-state index in [2.05, 4.69) is 31.4 Å². The molecule has 1 unspecified atom stereocenters. The molecule has 1 atom stereocenters. The largest absolute Gasteiger partial charge is 0.377 e. The van der Waals surface area contributed by atoms with Gasteiger partial charge in [0, 0.05) is 43.5 Å². The summed E-state index contributed by atoms with van der Waals surface area (Å²) >= 11 is 0. The molecule has 222 valence electrons. The average molecular weight is 558 g/mol. The Bertz CT molecular complexity index is 995. The lowest BCUT2D eigenvalue weighted by Gasteiger charge is -2.30. The molecule has 9 heteroatoms. The van der Waals surface area contributed by atoms with Gasteiger partial charge in [-0.15, -0.1) is 0 Å². The lowest BCUT2D eigenvalue weighted by molar-refractivity contribution is -0.140. The van der Waals surface area contributed by atoms with Crippen molar-refractivity contribution in [3.63, 3.8) is 0 Å². The van der Waals surface area contributed by atoms with Gasteiger partial charge in [-0.3, -0.25) is 24.1 Å². The third-order valence-electron chi connectivity index (χ3n) is 7.95. The molecule has 40 heavy (non-hydrogen) atoms. The third kappa shape index (κ3) is 9.41. The van der Waals surface area contributed by atoms with E-state index >= 15 is 0 Å². The second-order valence-electron chi connectivity index (χ2n) is 12.0. The summed E-state index contributed by atoms with van der Waals surface area (Å²) in [5.74, 6) is -0.0516. The normalized spacial score (nSPS) is 21.5. The number of likely N-dealkylation sites (tertiary alicyclic amines) is 1. The van der Waals surface area contributed by atoms with Crippen LogP contribution >= 0.6 is 0 Å². The SMILES string of the molecule is CCC1CC(=O)N(CC2CCC(C(=O)NCCOCCOCCNC(=O)c3ccc(C(C)(C)C)cc3)CC2)C1=O. The first kappa shape index (κ1) is 31.7. The third-order valence-corrected chi connectivity index (χ3v) is 7.95. The van der Waals surface area contributed by atoms with E-state index in [1.54, 1.807) is 0 Å². The van der Waals surface area contributed by atoms with E-state index < -0.39 is 0 Å². The number of hydrogen-bond donors (Lipinski definition) is 2. The van der Waals surface area contributed by atoms with Gasteiger partial charge in [0.05, 0.1) is 26.4 Å². The van der Waals surface area contributed by atoms with Crippen molar-refractivity contribution in [2.24, 2.45) is 17.8 Å². The van der Waals surface area contributed by atoms with Crippen molar-refractivity contribution in [2.45, 2.75) is 71.6 Å². The summed E-state index contributed by atoms with van der Waals surface area (Å²) in [5.41, 5.74) is 1.87. The number of rotatable bonds is 14. The Kier molecular flexibility index (Phi) is 12.1. The van der Waals surface area contributed by atoms with Crippen LogP contribution in [0.5, 0.6) is 0 Å². The van der Waals surface area contributed by atoms with Crippen LogP contribution in [0.3, 0.4) is 0 Å². The fourth-order valence-corrected chi connectivity index (χ4v) is 5.30. The van der Waals surface area contributed by atoms with Gasteiger partial charge < -0.3 is 20.1 Å². The fraction of sp³-hybridized carbons (Fsp3) is 0.677. The molecule has 0 spiro atoms. The molecule has 1 aliphatic carbocycles. The van der Waals surface area contributed by atoms with Crippen LogP contribution < -0.4 is 10.6 Å². The van der Waals surface area contributed by atoms with Gasteiger partial charge in [0.1, 0.15) is 0 Å². The molecule has 9 nitrogen and oxygen atoms in total. The van der Waals surface area contributed by atoms with Crippen molar-refractivity contribution in [3.8, 4) is 0 Å². The summed E-state index contributed by atoms with van der Waals surface area (Å²) in [6.45, 7) is 11.3.